The zero-order valence-electron chi connectivity index (χ0n) is 18.3. The van der Waals surface area contributed by atoms with Crippen molar-refractivity contribution in [2.45, 2.75) is 39.3 Å². The quantitative estimate of drug-likeness (QED) is 0.451. The Morgan fingerprint density at radius 2 is 2.19 bits per heavy atom. The fourth-order valence-corrected chi connectivity index (χ4v) is 5.47. The lowest BCUT2D eigenvalue weighted by Gasteiger charge is -2.18. The number of non-ortho nitro benzene ring substituents is 1. The van der Waals surface area contributed by atoms with Gasteiger partial charge in [-0.1, -0.05) is 13.0 Å². The summed E-state index contributed by atoms with van der Waals surface area (Å²) in [5, 5.41) is 14.3. The van der Waals surface area contributed by atoms with Crippen LogP contribution in [0, 0.1) is 16.0 Å². The number of amides is 1. The van der Waals surface area contributed by atoms with Crippen LogP contribution in [0.25, 0.3) is 10.2 Å². The molecule has 2 aromatic heterocycles. The number of benzene rings is 1. The summed E-state index contributed by atoms with van der Waals surface area (Å²) in [5.41, 5.74) is 1.07. The fraction of sp³-hybridized carbons (Fsp3) is 0.409. The number of aromatic nitrogens is 2. The maximum absolute atomic E-state index is 13.5. The van der Waals surface area contributed by atoms with E-state index in [0.717, 1.165) is 29.7 Å². The average molecular weight is 456 g/mol. The van der Waals surface area contributed by atoms with Crippen molar-refractivity contribution in [3.05, 3.63) is 61.0 Å². The molecular formula is C22H25N5O4S. The van der Waals surface area contributed by atoms with Gasteiger partial charge in [0.05, 0.1) is 16.9 Å². The van der Waals surface area contributed by atoms with Gasteiger partial charge in [-0.05, 0) is 50.9 Å². The van der Waals surface area contributed by atoms with Crippen LogP contribution in [0.3, 0.4) is 0 Å². The topological polar surface area (TPSA) is 110 Å². The number of nitro groups is 1. The molecule has 1 aromatic carbocycles. The first-order valence-electron chi connectivity index (χ1n) is 10.5. The summed E-state index contributed by atoms with van der Waals surface area (Å²) in [6.45, 7) is 2.41. The molecule has 32 heavy (non-hydrogen) atoms. The molecule has 0 radical (unpaired) electrons. The molecule has 0 aliphatic heterocycles. The Labute approximate surface area is 188 Å². The highest BCUT2D eigenvalue weighted by Crippen LogP contribution is 2.35. The van der Waals surface area contributed by atoms with Crippen LogP contribution in [0.5, 0.6) is 0 Å². The molecule has 1 unspecified atom stereocenters. The van der Waals surface area contributed by atoms with E-state index in [-0.39, 0.29) is 17.8 Å². The van der Waals surface area contributed by atoms with Crippen LogP contribution in [0.4, 0.5) is 11.4 Å². The number of hydrogen-bond donors (Lipinski definition) is 1. The summed E-state index contributed by atoms with van der Waals surface area (Å²) in [5.74, 6) is 0.666. The van der Waals surface area contributed by atoms with Crippen LogP contribution in [0.2, 0.25) is 0 Å². The normalized spacial score (nSPS) is 15.7. The van der Waals surface area contributed by atoms with E-state index in [4.69, 9.17) is 4.98 Å². The summed E-state index contributed by atoms with van der Waals surface area (Å²) >= 11 is 1.59. The van der Waals surface area contributed by atoms with Crippen molar-refractivity contribution < 1.29 is 9.72 Å². The third-order valence-electron chi connectivity index (χ3n) is 5.59. The van der Waals surface area contributed by atoms with Crippen LogP contribution in [-0.2, 0) is 30.7 Å². The van der Waals surface area contributed by atoms with Gasteiger partial charge in [0.25, 0.3) is 11.2 Å². The zero-order valence-corrected chi connectivity index (χ0v) is 19.1. The van der Waals surface area contributed by atoms with Crippen LogP contribution >= 0.6 is 11.3 Å². The van der Waals surface area contributed by atoms with Gasteiger partial charge in [-0.3, -0.25) is 24.3 Å². The molecule has 168 valence electrons. The molecule has 0 fully saturated rings. The smallest absolute Gasteiger partial charge is 0.271 e. The largest absolute Gasteiger partial charge is 0.324 e. The van der Waals surface area contributed by atoms with Crippen molar-refractivity contribution in [2.24, 2.45) is 5.92 Å². The summed E-state index contributed by atoms with van der Waals surface area (Å²) in [4.78, 5) is 45.4. The van der Waals surface area contributed by atoms with Gasteiger partial charge in [0.2, 0.25) is 5.91 Å². The van der Waals surface area contributed by atoms with E-state index in [2.05, 4.69) is 12.2 Å². The Morgan fingerprint density at radius 1 is 1.41 bits per heavy atom. The van der Waals surface area contributed by atoms with Crippen molar-refractivity contribution in [3.63, 3.8) is 0 Å². The lowest BCUT2D eigenvalue weighted by Crippen LogP contribution is -2.33. The van der Waals surface area contributed by atoms with E-state index in [9.17, 15) is 19.7 Å². The molecule has 9 nitrogen and oxygen atoms in total. The monoisotopic (exact) mass is 455 g/mol. The van der Waals surface area contributed by atoms with E-state index in [0.29, 0.717) is 29.4 Å². The zero-order chi connectivity index (χ0) is 23.0. The van der Waals surface area contributed by atoms with Gasteiger partial charge >= 0.3 is 0 Å². The van der Waals surface area contributed by atoms with Crippen LogP contribution < -0.4 is 10.9 Å². The fourth-order valence-electron chi connectivity index (χ4n) is 4.07. The molecule has 1 aliphatic carbocycles. The minimum Gasteiger partial charge on any atom is -0.324 e. The number of hydrogen-bond acceptors (Lipinski definition) is 7. The Morgan fingerprint density at radius 3 is 2.91 bits per heavy atom. The Balaban J connectivity index is 1.71. The van der Waals surface area contributed by atoms with Crippen molar-refractivity contribution in [1.29, 1.82) is 0 Å². The summed E-state index contributed by atoms with van der Waals surface area (Å²) in [6, 6.07) is 5.73. The first-order valence-corrected chi connectivity index (χ1v) is 11.3. The second kappa shape index (κ2) is 8.79. The van der Waals surface area contributed by atoms with Gasteiger partial charge in [0.1, 0.15) is 17.2 Å². The number of nitrogens with one attached hydrogen (secondary N) is 1. The van der Waals surface area contributed by atoms with Crippen molar-refractivity contribution in [1.82, 2.24) is 14.5 Å². The number of rotatable bonds is 6. The Kier molecular flexibility index (Phi) is 6.07. The van der Waals surface area contributed by atoms with Gasteiger partial charge in [0.15, 0.2) is 0 Å². The number of aryl methyl sites for hydroxylation is 1. The Bertz CT molecular complexity index is 1260. The Hall–Kier alpha value is -3.11. The molecule has 10 heteroatoms. The molecule has 0 saturated carbocycles. The van der Waals surface area contributed by atoms with E-state index < -0.39 is 10.8 Å². The molecule has 0 bridgehead atoms. The lowest BCUT2D eigenvalue weighted by molar-refractivity contribution is -0.384. The third-order valence-corrected chi connectivity index (χ3v) is 6.74. The van der Waals surface area contributed by atoms with Crippen LogP contribution in [0.15, 0.2) is 29.1 Å². The van der Waals surface area contributed by atoms with Crippen molar-refractivity contribution >= 4 is 38.8 Å². The molecule has 1 aliphatic rings. The number of nitro benzene ring substituents is 1. The van der Waals surface area contributed by atoms with Gasteiger partial charge < -0.3 is 10.2 Å². The minimum absolute atomic E-state index is 0.115. The second-order valence-corrected chi connectivity index (χ2v) is 9.63. The molecule has 0 saturated heterocycles. The molecule has 4 rings (SSSR count). The second-order valence-electron chi connectivity index (χ2n) is 8.54. The molecule has 3 aromatic rings. The number of fused-ring (bicyclic) bond motifs is 3. The van der Waals surface area contributed by atoms with E-state index in [1.807, 2.05) is 19.0 Å². The summed E-state index contributed by atoms with van der Waals surface area (Å²) in [6.07, 6.45) is 2.83. The van der Waals surface area contributed by atoms with Crippen LogP contribution in [-0.4, -0.2) is 39.4 Å². The summed E-state index contributed by atoms with van der Waals surface area (Å²) in [7, 11) is 3.76. The first-order chi connectivity index (χ1) is 15.2. The van der Waals surface area contributed by atoms with Crippen LogP contribution in [0.1, 0.15) is 29.6 Å². The number of thiophene rings is 1. The highest BCUT2D eigenvalue weighted by Gasteiger charge is 2.25. The maximum atomic E-state index is 13.5. The van der Waals surface area contributed by atoms with Gasteiger partial charge in [-0.2, -0.15) is 0 Å². The lowest BCUT2D eigenvalue weighted by atomic mass is 9.89. The van der Waals surface area contributed by atoms with Gasteiger partial charge in [-0.25, -0.2) is 4.98 Å². The molecule has 1 N–H and O–H groups in total. The molecule has 1 amide bonds. The average Bonchev–Trinajstić information content (AvgIpc) is 3.07. The molecule has 2 heterocycles. The molecule has 1 atom stereocenters. The number of anilines is 1. The van der Waals surface area contributed by atoms with E-state index >= 15 is 0 Å². The predicted octanol–water partition coefficient (Wildman–Crippen LogP) is 3.19. The standard InChI is InChI=1S/C22H25N5O4S/c1-13-7-8-16-17(9-13)32-21-20(16)22(29)26(18(24-21)11-25(2)3)12-19(28)23-14-5-4-6-15(10-14)27(30)31/h4-6,10,13H,7-9,11-12H2,1-3H3,(H,23,28). The van der Waals surface area contributed by atoms with E-state index in [1.54, 1.807) is 17.4 Å². The number of nitrogens with zero attached hydrogens (tertiary/aromatic N) is 4. The number of carbonyl (C=O) groups excluding carboxylic acids is 1. The van der Waals surface area contributed by atoms with Crippen molar-refractivity contribution in [3.8, 4) is 0 Å². The molecule has 0 spiro atoms. The number of carbonyl (C=O) groups is 1. The SMILES string of the molecule is CC1CCc2c(sc3nc(CN(C)C)n(CC(=O)Nc4cccc([N+](=O)[O-])c4)c(=O)c23)C1. The van der Waals surface area contributed by atoms with Gasteiger partial charge in [-0.15, -0.1) is 11.3 Å². The first kappa shape index (κ1) is 22.1. The van der Waals surface area contributed by atoms with Crippen molar-refractivity contribution in [2.75, 3.05) is 19.4 Å². The predicted molar refractivity (Wildman–Crippen MR) is 124 cm³/mol. The highest BCUT2D eigenvalue weighted by atomic mass is 32.1. The third kappa shape index (κ3) is 4.42. The molecular weight excluding hydrogens is 430 g/mol. The van der Waals surface area contributed by atoms with E-state index in [1.165, 1.54) is 27.6 Å². The maximum Gasteiger partial charge on any atom is 0.271 e. The highest BCUT2D eigenvalue weighted by molar-refractivity contribution is 7.18. The minimum atomic E-state index is -0.520. The van der Waals surface area contributed by atoms with Gasteiger partial charge in [0, 0.05) is 22.7 Å². The summed E-state index contributed by atoms with van der Waals surface area (Å²) < 4.78 is 1.43.